The van der Waals surface area contributed by atoms with Crippen LogP contribution >= 0.6 is 39.9 Å². The molecule has 1 N–H and O–H groups in total. The summed E-state index contributed by atoms with van der Waals surface area (Å²) >= 11 is 10.1. The lowest BCUT2D eigenvalue weighted by molar-refractivity contribution is -0.124. The number of amides is 1. The number of hydrogen-bond acceptors (Lipinski definition) is 4. The van der Waals surface area contributed by atoms with E-state index < -0.39 is 0 Å². The molecule has 0 spiro atoms. The lowest BCUT2D eigenvalue weighted by Crippen LogP contribution is -2.39. The largest absolute Gasteiger partial charge is 0.507 e. The Balaban J connectivity index is 1.83. The van der Waals surface area contributed by atoms with Crippen molar-refractivity contribution in [3.8, 4) is 5.75 Å². The topological polar surface area (TPSA) is 40.5 Å². The van der Waals surface area contributed by atoms with E-state index in [4.69, 9.17) is 12.2 Å². The smallest absolute Gasteiger partial charge is 0.266 e. The average Bonchev–Trinajstić information content (AvgIpc) is 2.78. The van der Waals surface area contributed by atoms with Gasteiger partial charge >= 0.3 is 0 Å². The molecule has 1 aromatic rings. The number of carbonyl (C=O) groups is 1. The standard InChI is InChI=1S/C16H16BrNO2S2/c17-12-8-10(6-7-13(12)19)9-14-15(20)18(16(21)22-14)11-4-2-1-3-5-11/h6-9,11,19H,1-5H2. The van der Waals surface area contributed by atoms with Crippen molar-refractivity contribution in [1.29, 1.82) is 0 Å². The van der Waals surface area contributed by atoms with Crippen molar-refractivity contribution >= 4 is 56.2 Å². The van der Waals surface area contributed by atoms with Crippen molar-refractivity contribution in [1.82, 2.24) is 4.90 Å². The quantitative estimate of drug-likeness (QED) is 0.580. The van der Waals surface area contributed by atoms with Crippen molar-refractivity contribution < 1.29 is 9.90 Å². The molecule has 1 aromatic carbocycles. The van der Waals surface area contributed by atoms with Gasteiger partial charge in [-0.2, -0.15) is 0 Å². The maximum atomic E-state index is 12.7. The highest BCUT2D eigenvalue weighted by Crippen LogP contribution is 2.37. The Labute approximate surface area is 147 Å². The summed E-state index contributed by atoms with van der Waals surface area (Å²) in [6.45, 7) is 0. The summed E-state index contributed by atoms with van der Waals surface area (Å²) in [5, 5.41) is 9.54. The van der Waals surface area contributed by atoms with Crippen LogP contribution in [0.25, 0.3) is 6.08 Å². The molecular weight excluding hydrogens is 382 g/mol. The summed E-state index contributed by atoms with van der Waals surface area (Å²) in [4.78, 5) is 15.1. The van der Waals surface area contributed by atoms with Gasteiger partial charge in [0.25, 0.3) is 5.91 Å². The van der Waals surface area contributed by atoms with Crippen LogP contribution in [0.1, 0.15) is 37.7 Å². The second-order valence-electron chi connectivity index (χ2n) is 5.55. The molecule has 1 saturated heterocycles. The van der Waals surface area contributed by atoms with Crippen LogP contribution in [0, 0.1) is 0 Å². The number of benzene rings is 1. The van der Waals surface area contributed by atoms with E-state index in [9.17, 15) is 9.90 Å². The Morgan fingerprint density at radius 3 is 2.73 bits per heavy atom. The Hall–Kier alpha value is -0.850. The minimum absolute atomic E-state index is 0.0195. The molecule has 0 radical (unpaired) electrons. The van der Waals surface area contributed by atoms with Crippen LogP contribution in [0.15, 0.2) is 27.6 Å². The number of halogens is 1. The van der Waals surface area contributed by atoms with Crippen molar-refractivity contribution in [2.24, 2.45) is 0 Å². The molecule has 1 heterocycles. The van der Waals surface area contributed by atoms with Crippen LogP contribution in [0.4, 0.5) is 0 Å². The van der Waals surface area contributed by atoms with Crippen molar-refractivity contribution in [3.05, 3.63) is 33.1 Å². The van der Waals surface area contributed by atoms with Gasteiger partial charge in [-0.3, -0.25) is 9.69 Å². The molecule has 1 aliphatic heterocycles. The zero-order chi connectivity index (χ0) is 15.7. The van der Waals surface area contributed by atoms with Gasteiger partial charge in [0.05, 0.1) is 9.38 Å². The molecule has 3 rings (SSSR count). The van der Waals surface area contributed by atoms with Crippen LogP contribution < -0.4 is 0 Å². The molecule has 0 atom stereocenters. The number of thioether (sulfide) groups is 1. The highest BCUT2D eigenvalue weighted by molar-refractivity contribution is 9.10. The fraction of sp³-hybridized carbons (Fsp3) is 0.375. The number of hydrogen-bond donors (Lipinski definition) is 1. The van der Waals surface area contributed by atoms with E-state index >= 15 is 0 Å². The molecule has 1 aliphatic carbocycles. The van der Waals surface area contributed by atoms with Crippen LogP contribution in [-0.2, 0) is 4.79 Å². The van der Waals surface area contributed by atoms with E-state index in [0.717, 1.165) is 18.4 Å². The SMILES string of the molecule is O=C1C(=Cc2ccc(O)c(Br)c2)SC(=S)N1C1CCCCC1. The van der Waals surface area contributed by atoms with Gasteiger partial charge < -0.3 is 5.11 Å². The van der Waals surface area contributed by atoms with Crippen LogP contribution in [0.2, 0.25) is 0 Å². The molecule has 1 saturated carbocycles. The molecule has 3 nitrogen and oxygen atoms in total. The Kier molecular flexibility index (Phi) is 4.90. The minimum Gasteiger partial charge on any atom is -0.507 e. The number of aromatic hydroxyl groups is 1. The lowest BCUT2D eigenvalue weighted by Gasteiger charge is -2.29. The van der Waals surface area contributed by atoms with Crippen molar-refractivity contribution in [2.45, 2.75) is 38.1 Å². The minimum atomic E-state index is 0.0195. The zero-order valence-corrected chi connectivity index (χ0v) is 15.1. The van der Waals surface area contributed by atoms with Gasteiger partial charge in [-0.1, -0.05) is 49.3 Å². The summed E-state index contributed by atoms with van der Waals surface area (Å²) in [5.74, 6) is 0.206. The highest BCUT2D eigenvalue weighted by Gasteiger charge is 2.37. The van der Waals surface area contributed by atoms with Gasteiger partial charge in [0, 0.05) is 6.04 Å². The van der Waals surface area contributed by atoms with Gasteiger partial charge in [-0.25, -0.2) is 0 Å². The van der Waals surface area contributed by atoms with E-state index in [1.807, 2.05) is 6.08 Å². The summed E-state index contributed by atoms with van der Waals surface area (Å²) in [7, 11) is 0. The predicted molar refractivity (Wildman–Crippen MR) is 97.7 cm³/mol. The first-order valence-corrected chi connectivity index (χ1v) is 9.33. The van der Waals surface area contributed by atoms with Gasteiger partial charge in [0.15, 0.2) is 0 Å². The molecule has 22 heavy (non-hydrogen) atoms. The van der Waals surface area contributed by atoms with E-state index in [-0.39, 0.29) is 17.7 Å². The van der Waals surface area contributed by atoms with Gasteiger partial charge in [-0.05, 0) is 52.5 Å². The number of rotatable bonds is 2. The van der Waals surface area contributed by atoms with Crippen LogP contribution in [-0.4, -0.2) is 26.3 Å². The third-order valence-electron chi connectivity index (χ3n) is 4.03. The number of nitrogens with zero attached hydrogens (tertiary/aromatic N) is 1. The molecule has 116 valence electrons. The highest BCUT2D eigenvalue weighted by atomic mass is 79.9. The third kappa shape index (κ3) is 3.24. The predicted octanol–water partition coefficient (Wildman–Crippen LogP) is 4.69. The van der Waals surface area contributed by atoms with Crippen molar-refractivity contribution in [3.63, 3.8) is 0 Å². The van der Waals surface area contributed by atoms with E-state index in [1.54, 1.807) is 23.1 Å². The van der Waals surface area contributed by atoms with E-state index in [2.05, 4.69) is 15.9 Å². The first kappa shape index (κ1) is 16.0. The second kappa shape index (κ2) is 6.72. The molecular formula is C16H16BrNO2S2. The fourth-order valence-electron chi connectivity index (χ4n) is 2.90. The summed E-state index contributed by atoms with van der Waals surface area (Å²) in [6.07, 6.45) is 7.53. The first-order valence-electron chi connectivity index (χ1n) is 7.32. The van der Waals surface area contributed by atoms with Gasteiger partial charge in [0.1, 0.15) is 10.1 Å². The number of phenols is 1. The molecule has 1 amide bonds. The summed E-state index contributed by atoms with van der Waals surface area (Å²) in [6, 6.07) is 5.45. The summed E-state index contributed by atoms with van der Waals surface area (Å²) in [5.41, 5.74) is 0.869. The fourth-order valence-corrected chi connectivity index (χ4v) is 4.70. The first-order chi connectivity index (χ1) is 10.6. The van der Waals surface area contributed by atoms with Crippen LogP contribution in [0.3, 0.4) is 0 Å². The second-order valence-corrected chi connectivity index (χ2v) is 8.08. The van der Waals surface area contributed by atoms with E-state index in [1.165, 1.54) is 31.0 Å². The average molecular weight is 398 g/mol. The summed E-state index contributed by atoms with van der Waals surface area (Å²) < 4.78 is 1.28. The zero-order valence-electron chi connectivity index (χ0n) is 11.9. The molecule has 2 fully saturated rings. The molecule has 0 unspecified atom stereocenters. The monoisotopic (exact) mass is 397 g/mol. The maximum absolute atomic E-state index is 12.7. The lowest BCUT2D eigenvalue weighted by atomic mass is 9.94. The molecule has 0 bridgehead atoms. The third-order valence-corrected chi connectivity index (χ3v) is 6.00. The van der Waals surface area contributed by atoms with Crippen LogP contribution in [0.5, 0.6) is 5.75 Å². The Morgan fingerprint density at radius 1 is 1.32 bits per heavy atom. The van der Waals surface area contributed by atoms with Gasteiger partial charge in [0.2, 0.25) is 0 Å². The van der Waals surface area contributed by atoms with Gasteiger partial charge in [-0.15, -0.1) is 0 Å². The maximum Gasteiger partial charge on any atom is 0.266 e. The normalized spacial score (nSPS) is 21.9. The molecule has 6 heteroatoms. The molecule has 2 aliphatic rings. The Morgan fingerprint density at radius 2 is 2.05 bits per heavy atom. The molecule has 0 aromatic heterocycles. The number of thiocarbonyl (C=S) groups is 1. The Bertz CT molecular complexity index is 654. The number of carbonyl (C=O) groups excluding carboxylic acids is 1. The van der Waals surface area contributed by atoms with E-state index in [0.29, 0.717) is 13.7 Å². The van der Waals surface area contributed by atoms with Crippen molar-refractivity contribution in [2.75, 3.05) is 0 Å². The number of phenolic OH excluding ortho intramolecular Hbond substituents is 1.